The van der Waals surface area contributed by atoms with Gasteiger partial charge in [-0.05, 0) is 36.8 Å². The number of piperazine rings is 1. The van der Waals surface area contributed by atoms with Gasteiger partial charge < -0.3 is 15.0 Å². The number of aryl methyl sites for hydroxylation is 1. The third kappa shape index (κ3) is 4.12. The molecule has 0 saturated carbocycles. The molecule has 2 aromatic carbocycles. The van der Waals surface area contributed by atoms with Crippen LogP contribution in [0.4, 0.5) is 0 Å². The second-order valence-corrected chi connectivity index (χ2v) is 6.37. The van der Waals surface area contributed by atoms with Crippen LogP contribution in [0.25, 0.3) is 0 Å². The van der Waals surface area contributed by atoms with E-state index in [4.69, 9.17) is 16.3 Å². The van der Waals surface area contributed by atoms with Crippen molar-refractivity contribution < 1.29 is 14.3 Å². The van der Waals surface area contributed by atoms with Crippen molar-refractivity contribution in [1.82, 2.24) is 10.2 Å². The molecular weight excluding hydrogens is 340 g/mol. The molecule has 1 N–H and O–H groups in total. The Bertz CT molecular complexity index is 759. The fourth-order valence-corrected chi connectivity index (χ4v) is 2.90. The minimum absolute atomic E-state index is 0.128. The van der Waals surface area contributed by atoms with E-state index < -0.39 is 6.04 Å². The van der Waals surface area contributed by atoms with Gasteiger partial charge in [0.05, 0.1) is 0 Å². The van der Waals surface area contributed by atoms with Crippen LogP contribution < -0.4 is 10.1 Å². The second-order valence-electron chi connectivity index (χ2n) is 5.93. The average molecular weight is 359 g/mol. The zero-order valence-corrected chi connectivity index (χ0v) is 14.6. The van der Waals surface area contributed by atoms with Gasteiger partial charge in [0.25, 0.3) is 5.91 Å². The Balaban J connectivity index is 1.73. The van der Waals surface area contributed by atoms with E-state index in [1.807, 2.05) is 31.2 Å². The van der Waals surface area contributed by atoms with Crippen molar-refractivity contribution in [2.75, 3.05) is 19.7 Å². The molecule has 1 unspecified atom stereocenters. The molecule has 130 valence electrons. The van der Waals surface area contributed by atoms with Crippen LogP contribution in [-0.2, 0) is 9.59 Å². The molecule has 2 amide bonds. The lowest BCUT2D eigenvalue weighted by molar-refractivity contribution is -0.145. The number of hydrogen-bond acceptors (Lipinski definition) is 3. The number of rotatable bonds is 4. The highest BCUT2D eigenvalue weighted by atomic mass is 35.5. The van der Waals surface area contributed by atoms with Gasteiger partial charge >= 0.3 is 0 Å². The fourth-order valence-electron chi connectivity index (χ4n) is 2.77. The van der Waals surface area contributed by atoms with E-state index in [2.05, 4.69) is 5.32 Å². The minimum Gasteiger partial charge on any atom is -0.484 e. The van der Waals surface area contributed by atoms with E-state index in [1.54, 1.807) is 29.2 Å². The van der Waals surface area contributed by atoms with Crippen LogP contribution in [-0.4, -0.2) is 36.4 Å². The Hall–Kier alpha value is -2.53. The van der Waals surface area contributed by atoms with Gasteiger partial charge in [-0.2, -0.15) is 0 Å². The van der Waals surface area contributed by atoms with Crippen LogP contribution in [0.2, 0.25) is 5.02 Å². The standard InChI is InChI=1S/C19H19ClN2O3/c1-13-2-4-14(5-3-13)18-19(24)21-10-11-22(18)17(23)12-25-16-8-6-15(20)7-9-16/h2-9,18H,10-12H2,1H3,(H,21,24). The second kappa shape index (κ2) is 7.57. The van der Waals surface area contributed by atoms with Crippen LogP contribution in [0.3, 0.4) is 0 Å². The van der Waals surface area contributed by atoms with Gasteiger partial charge in [-0.25, -0.2) is 0 Å². The summed E-state index contributed by atoms with van der Waals surface area (Å²) in [5.41, 5.74) is 1.89. The van der Waals surface area contributed by atoms with Crippen LogP contribution in [0.5, 0.6) is 5.75 Å². The van der Waals surface area contributed by atoms with Crippen LogP contribution >= 0.6 is 11.6 Å². The number of ether oxygens (including phenoxy) is 1. The highest BCUT2D eigenvalue weighted by molar-refractivity contribution is 6.30. The molecule has 2 aromatic rings. The number of nitrogens with zero attached hydrogens (tertiary/aromatic N) is 1. The monoisotopic (exact) mass is 358 g/mol. The summed E-state index contributed by atoms with van der Waals surface area (Å²) < 4.78 is 5.53. The van der Waals surface area contributed by atoms with Crippen molar-refractivity contribution in [3.05, 3.63) is 64.7 Å². The Morgan fingerprint density at radius 2 is 1.88 bits per heavy atom. The summed E-state index contributed by atoms with van der Waals surface area (Å²) in [6.45, 7) is 2.74. The summed E-state index contributed by atoms with van der Waals surface area (Å²) in [7, 11) is 0. The maximum absolute atomic E-state index is 12.6. The molecule has 1 aliphatic rings. The first-order chi connectivity index (χ1) is 12.0. The first kappa shape index (κ1) is 17.3. The van der Waals surface area contributed by atoms with Gasteiger partial charge in [-0.15, -0.1) is 0 Å². The van der Waals surface area contributed by atoms with Crippen molar-refractivity contribution >= 4 is 23.4 Å². The van der Waals surface area contributed by atoms with Gasteiger partial charge in [0.1, 0.15) is 11.8 Å². The Morgan fingerprint density at radius 3 is 2.56 bits per heavy atom. The van der Waals surface area contributed by atoms with Gasteiger partial charge in [0, 0.05) is 18.1 Å². The molecule has 0 spiro atoms. The molecule has 0 aromatic heterocycles. The van der Waals surface area contributed by atoms with E-state index in [0.717, 1.165) is 11.1 Å². The summed E-state index contributed by atoms with van der Waals surface area (Å²) >= 11 is 5.84. The first-order valence-electron chi connectivity index (χ1n) is 8.07. The number of hydrogen-bond donors (Lipinski definition) is 1. The van der Waals surface area contributed by atoms with Crippen molar-refractivity contribution in [2.24, 2.45) is 0 Å². The number of nitrogens with one attached hydrogen (secondary N) is 1. The molecule has 3 rings (SSSR count). The third-order valence-electron chi connectivity index (χ3n) is 4.10. The van der Waals surface area contributed by atoms with E-state index in [9.17, 15) is 9.59 Å². The molecular formula is C19H19ClN2O3. The van der Waals surface area contributed by atoms with Gasteiger partial charge in [0.15, 0.2) is 6.61 Å². The Morgan fingerprint density at radius 1 is 1.20 bits per heavy atom. The molecule has 0 radical (unpaired) electrons. The lowest BCUT2D eigenvalue weighted by Crippen LogP contribution is -2.53. The highest BCUT2D eigenvalue weighted by Gasteiger charge is 2.34. The molecule has 0 bridgehead atoms. The molecule has 6 heteroatoms. The predicted octanol–water partition coefficient (Wildman–Crippen LogP) is 2.73. The molecule has 1 saturated heterocycles. The number of benzene rings is 2. The number of amides is 2. The summed E-state index contributed by atoms with van der Waals surface area (Å²) in [6, 6.07) is 13.8. The van der Waals surface area contributed by atoms with Crippen LogP contribution in [0, 0.1) is 6.92 Å². The van der Waals surface area contributed by atoms with E-state index >= 15 is 0 Å². The van der Waals surface area contributed by atoms with Crippen LogP contribution in [0.1, 0.15) is 17.2 Å². The van der Waals surface area contributed by atoms with Gasteiger partial charge in [-0.3, -0.25) is 9.59 Å². The molecule has 1 aliphatic heterocycles. The van der Waals surface area contributed by atoms with Crippen molar-refractivity contribution in [3.8, 4) is 5.75 Å². The highest BCUT2D eigenvalue weighted by Crippen LogP contribution is 2.24. The van der Waals surface area contributed by atoms with Crippen molar-refractivity contribution in [2.45, 2.75) is 13.0 Å². The van der Waals surface area contributed by atoms with Gasteiger partial charge in [0.2, 0.25) is 5.91 Å². The van der Waals surface area contributed by atoms with E-state index in [1.165, 1.54) is 0 Å². The molecule has 1 atom stereocenters. The maximum Gasteiger partial charge on any atom is 0.261 e. The van der Waals surface area contributed by atoms with Gasteiger partial charge in [-0.1, -0.05) is 41.4 Å². The summed E-state index contributed by atoms with van der Waals surface area (Å²) in [6.07, 6.45) is 0. The zero-order chi connectivity index (χ0) is 17.8. The number of halogens is 1. The predicted molar refractivity (Wildman–Crippen MR) is 95.6 cm³/mol. The topological polar surface area (TPSA) is 58.6 Å². The number of carbonyl (C=O) groups is 2. The fraction of sp³-hybridized carbons (Fsp3) is 0.263. The first-order valence-corrected chi connectivity index (χ1v) is 8.44. The lowest BCUT2D eigenvalue weighted by Gasteiger charge is -2.35. The average Bonchev–Trinajstić information content (AvgIpc) is 2.62. The number of carbonyl (C=O) groups excluding carboxylic acids is 2. The molecule has 5 nitrogen and oxygen atoms in total. The van der Waals surface area contributed by atoms with Crippen LogP contribution in [0.15, 0.2) is 48.5 Å². The lowest BCUT2D eigenvalue weighted by atomic mass is 10.0. The quantitative estimate of drug-likeness (QED) is 0.914. The summed E-state index contributed by atoms with van der Waals surface area (Å²) in [4.78, 5) is 26.5. The Kier molecular flexibility index (Phi) is 5.24. The summed E-state index contributed by atoms with van der Waals surface area (Å²) in [5.74, 6) is 0.163. The molecule has 0 aliphatic carbocycles. The minimum atomic E-state index is -0.629. The molecule has 25 heavy (non-hydrogen) atoms. The largest absolute Gasteiger partial charge is 0.484 e. The molecule has 1 heterocycles. The summed E-state index contributed by atoms with van der Waals surface area (Å²) in [5, 5.41) is 3.42. The zero-order valence-electron chi connectivity index (χ0n) is 13.9. The molecule has 1 fully saturated rings. The van der Waals surface area contributed by atoms with Crippen molar-refractivity contribution in [3.63, 3.8) is 0 Å². The SMILES string of the molecule is Cc1ccc(C2C(=O)NCCN2C(=O)COc2ccc(Cl)cc2)cc1. The van der Waals surface area contributed by atoms with Crippen molar-refractivity contribution in [1.29, 1.82) is 0 Å². The smallest absolute Gasteiger partial charge is 0.261 e. The third-order valence-corrected chi connectivity index (χ3v) is 4.35. The maximum atomic E-state index is 12.6. The Labute approximate surface area is 151 Å². The van der Waals surface area contributed by atoms with E-state index in [0.29, 0.717) is 23.9 Å². The normalized spacial score (nSPS) is 17.1. The van der Waals surface area contributed by atoms with E-state index in [-0.39, 0.29) is 18.4 Å².